The van der Waals surface area contributed by atoms with E-state index in [1.165, 1.54) is 31.5 Å². The number of nitrogens with one attached hydrogen (secondary N) is 1. The van der Waals surface area contributed by atoms with Gasteiger partial charge in [-0.25, -0.2) is 4.39 Å². The standard InChI is InChI=1S/C20H21F2N3O4/c1-9-10(2)29-18(15(9)12-4-5-13(21)16(22)17(12)28-3)20(27)25-11-6-7-24-14(8-11)19(23)26/h4-10,15,18H,1-3H3,(H2,23,26)(H,24,25,27)/t9-,10-,15+,18-/m1/s1. The van der Waals surface area contributed by atoms with Gasteiger partial charge in [0.1, 0.15) is 11.8 Å². The van der Waals surface area contributed by atoms with E-state index in [2.05, 4.69) is 10.3 Å². The van der Waals surface area contributed by atoms with Crippen molar-refractivity contribution >= 4 is 17.5 Å². The minimum atomic E-state index is -1.11. The van der Waals surface area contributed by atoms with Crippen LogP contribution in [-0.2, 0) is 9.53 Å². The smallest absolute Gasteiger partial charge is 0.267 e. The molecule has 0 saturated carbocycles. The van der Waals surface area contributed by atoms with Crippen LogP contribution in [0.4, 0.5) is 14.5 Å². The summed E-state index contributed by atoms with van der Waals surface area (Å²) in [4.78, 5) is 28.1. The quantitative estimate of drug-likeness (QED) is 0.796. The fourth-order valence-corrected chi connectivity index (χ4v) is 3.55. The summed E-state index contributed by atoms with van der Waals surface area (Å²) >= 11 is 0. The zero-order valence-electron chi connectivity index (χ0n) is 16.1. The third-order valence-electron chi connectivity index (χ3n) is 5.18. The maximum Gasteiger partial charge on any atom is 0.267 e. The third-order valence-corrected chi connectivity index (χ3v) is 5.18. The second kappa shape index (κ2) is 8.12. The van der Waals surface area contributed by atoms with E-state index < -0.39 is 35.5 Å². The number of carbonyl (C=O) groups excluding carboxylic acids is 2. The number of methoxy groups -OCH3 is 1. The highest BCUT2D eigenvalue weighted by molar-refractivity contribution is 5.97. The number of anilines is 1. The Morgan fingerprint density at radius 2 is 1.97 bits per heavy atom. The summed E-state index contributed by atoms with van der Waals surface area (Å²) in [6.07, 6.45) is 0.0444. The van der Waals surface area contributed by atoms with Crippen molar-refractivity contribution in [2.45, 2.75) is 32.0 Å². The van der Waals surface area contributed by atoms with Crippen LogP contribution in [0, 0.1) is 17.6 Å². The number of nitrogens with zero attached hydrogens (tertiary/aromatic N) is 1. The molecule has 0 bridgehead atoms. The molecule has 1 aliphatic heterocycles. The van der Waals surface area contributed by atoms with Crippen LogP contribution in [0.1, 0.15) is 35.8 Å². The molecule has 0 unspecified atom stereocenters. The molecule has 0 radical (unpaired) electrons. The van der Waals surface area contributed by atoms with E-state index in [1.54, 1.807) is 6.92 Å². The summed E-state index contributed by atoms with van der Waals surface area (Å²) in [6.45, 7) is 3.66. The van der Waals surface area contributed by atoms with Crippen molar-refractivity contribution in [2.24, 2.45) is 11.7 Å². The lowest BCUT2D eigenvalue weighted by atomic mass is 9.82. The molecule has 1 aromatic carbocycles. The molecule has 7 nitrogen and oxygen atoms in total. The van der Waals surface area contributed by atoms with Crippen molar-refractivity contribution in [3.05, 3.63) is 53.4 Å². The van der Waals surface area contributed by atoms with Gasteiger partial charge in [-0.05, 0) is 31.0 Å². The molecule has 1 aliphatic rings. The number of ether oxygens (including phenoxy) is 2. The molecule has 0 aliphatic carbocycles. The zero-order valence-corrected chi connectivity index (χ0v) is 16.1. The van der Waals surface area contributed by atoms with Crippen LogP contribution in [0.15, 0.2) is 30.5 Å². The molecule has 0 spiro atoms. The van der Waals surface area contributed by atoms with Crippen LogP contribution in [0.25, 0.3) is 0 Å². The summed E-state index contributed by atoms with van der Waals surface area (Å²) in [5, 5.41) is 2.66. The number of aromatic nitrogens is 1. The zero-order chi connectivity index (χ0) is 21.3. The van der Waals surface area contributed by atoms with E-state index >= 15 is 0 Å². The van der Waals surface area contributed by atoms with Crippen LogP contribution in [0.2, 0.25) is 0 Å². The third kappa shape index (κ3) is 3.91. The highest BCUT2D eigenvalue weighted by atomic mass is 19.2. The first-order valence-electron chi connectivity index (χ1n) is 8.98. The monoisotopic (exact) mass is 405 g/mol. The highest BCUT2D eigenvalue weighted by Gasteiger charge is 2.46. The molecule has 3 N–H and O–H groups in total. The minimum Gasteiger partial charge on any atom is -0.493 e. The van der Waals surface area contributed by atoms with E-state index in [4.69, 9.17) is 15.2 Å². The molecule has 2 amide bonds. The van der Waals surface area contributed by atoms with Gasteiger partial charge in [0.05, 0.1) is 13.2 Å². The Morgan fingerprint density at radius 3 is 2.62 bits per heavy atom. The van der Waals surface area contributed by atoms with Gasteiger partial charge in [0.15, 0.2) is 11.6 Å². The van der Waals surface area contributed by atoms with E-state index in [1.807, 2.05) is 6.92 Å². The summed E-state index contributed by atoms with van der Waals surface area (Å²) in [5.41, 5.74) is 5.86. The van der Waals surface area contributed by atoms with E-state index in [-0.39, 0.29) is 23.5 Å². The van der Waals surface area contributed by atoms with Crippen molar-refractivity contribution in [3.63, 3.8) is 0 Å². The summed E-state index contributed by atoms with van der Waals surface area (Å²) in [7, 11) is 1.24. The van der Waals surface area contributed by atoms with Gasteiger partial charge in [0, 0.05) is 23.4 Å². The van der Waals surface area contributed by atoms with Crippen LogP contribution >= 0.6 is 0 Å². The Labute approximate surface area is 166 Å². The number of halogens is 2. The molecular weight excluding hydrogens is 384 g/mol. The predicted molar refractivity (Wildman–Crippen MR) is 101 cm³/mol. The Balaban J connectivity index is 1.94. The van der Waals surface area contributed by atoms with Crippen molar-refractivity contribution in [2.75, 3.05) is 12.4 Å². The number of nitrogens with two attached hydrogens (primary N) is 1. The number of benzene rings is 1. The minimum absolute atomic E-state index is 0.00398. The molecule has 1 fully saturated rings. The maximum atomic E-state index is 14.2. The average molecular weight is 405 g/mol. The lowest BCUT2D eigenvalue weighted by Crippen LogP contribution is -2.33. The SMILES string of the molecule is COc1c([C@@H]2[C@H](C)[C@@H](C)O[C@H]2C(=O)Nc2ccnc(C(N)=O)c2)ccc(F)c1F. The van der Waals surface area contributed by atoms with Crippen molar-refractivity contribution < 1.29 is 27.8 Å². The average Bonchev–Trinajstić information content (AvgIpc) is 2.99. The number of hydrogen-bond donors (Lipinski definition) is 2. The summed E-state index contributed by atoms with van der Waals surface area (Å²) in [5.74, 6) is -4.39. The highest BCUT2D eigenvalue weighted by Crippen LogP contribution is 2.44. The van der Waals surface area contributed by atoms with Gasteiger partial charge < -0.3 is 20.5 Å². The summed E-state index contributed by atoms with van der Waals surface area (Å²) < 4.78 is 38.8. The molecule has 4 atom stereocenters. The van der Waals surface area contributed by atoms with Gasteiger partial charge in [-0.15, -0.1) is 0 Å². The van der Waals surface area contributed by atoms with Gasteiger partial charge in [-0.1, -0.05) is 13.0 Å². The normalized spacial score (nSPS) is 23.6. The number of hydrogen-bond acceptors (Lipinski definition) is 5. The largest absolute Gasteiger partial charge is 0.493 e. The first kappa shape index (κ1) is 20.7. The molecule has 29 heavy (non-hydrogen) atoms. The van der Waals surface area contributed by atoms with Crippen LogP contribution < -0.4 is 15.8 Å². The second-order valence-corrected chi connectivity index (χ2v) is 6.91. The Bertz CT molecular complexity index is 953. The van der Waals surface area contributed by atoms with Gasteiger partial charge in [-0.2, -0.15) is 4.39 Å². The number of amides is 2. The Hall–Kier alpha value is -3.07. The fourth-order valence-electron chi connectivity index (χ4n) is 3.55. The lowest BCUT2D eigenvalue weighted by molar-refractivity contribution is -0.127. The maximum absolute atomic E-state index is 14.2. The van der Waals surface area contributed by atoms with Gasteiger partial charge in [0.25, 0.3) is 11.8 Å². The van der Waals surface area contributed by atoms with Gasteiger partial charge in [0.2, 0.25) is 5.82 Å². The number of carbonyl (C=O) groups is 2. The molecular formula is C20H21F2N3O4. The van der Waals surface area contributed by atoms with Gasteiger partial charge >= 0.3 is 0 Å². The van der Waals surface area contributed by atoms with Crippen molar-refractivity contribution in [1.29, 1.82) is 0 Å². The number of pyridine rings is 1. The molecule has 9 heteroatoms. The fraction of sp³-hybridized carbons (Fsp3) is 0.350. The second-order valence-electron chi connectivity index (χ2n) is 6.91. The van der Waals surface area contributed by atoms with E-state index in [0.29, 0.717) is 11.3 Å². The van der Waals surface area contributed by atoms with Crippen molar-refractivity contribution in [3.8, 4) is 5.75 Å². The Morgan fingerprint density at radius 1 is 1.24 bits per heavy atom. The molecule has 3 rings (SSSR count). The van der Waals surface area contributed by atoms with Crippen LogP contribution in [-0.4, -0.2) is 36.1 Å². The molecule has 2 aromatic rings. The first-order chi connectivity index (χ1) is 13.7. The Kier molecular flexibility index (Phi) is 5.78. The van der Waals surface area contributed by atoms with Crippen LogP contribution in [0.5, 0.6) is 5.75 Å². The topological polar surface area (TPSA) is 104 Å². The van der Waals surface area contributed by atoms with Crippen molar-refractivity contribution in [1.82, 2.24) is 4.98 Å². The summed E-state index contributed by atoms with van der Waals surface area (Å²) in [6, 6.07) is 5.24. The number of rotatable bonds is 5. The predicted octanol–water partition coefficient (Wildman–Crippen LogP) is 2.61. The van der Waals surface area contributed by atoms with E-state index in [9.17, 15) is 18.4 Å². The molecule has 2 heterocycles. The van der Waals surface area contributed by atoms with Crippen LogP contribution in [0.3, 0.4) is 0 Å². The molecule has 154 valence electrons. The lowest BCUT2D eigenvalue weighted by Gasteiger charge is -2.23. The van der Waals surface area contributed by atoms with E-state index in [0.717, 1.165) is 6.07 Å². The number of primary amides is 1. The van der Waals surface area contributed by atoms with Gasteiger partial charge in [-0.3, -0.25) is 14.6 Å². The first-order valence-corrected chi connectivity index (χ1v) is 8.98. The molecule has 1 aromatic heterocycles. The molecule has 1 saturated heterocycles.